The number of rotatable bonds is 7. The van der Waals surface area contributed by atoms with Gasteiger partial charge < -0.3 is 10.1 Å². The zero-order chi connectivity index (χ0) is 23.8. The molecule has 0 radical (unpaired) electrons. The maximum absolute atomic E-state index is 12.8. The highest BCUT2D eigenvalue weighted by molar-refractivity contribution is 5.93. The number of carbonyl (C=O) groups excluding carboxylic acids is 1. The van der Waals surface area contributed by atoms with E-state index in [9.17, 15) is 4.79 Å². The predicted octanol–water partition coefficient (Wildman–Crippen LogP) is 4.81. The number of hydrogen-bond donors (Lipinski definition) is 1. The summed E-state index contributed by atoms with van der Waals surface area (Å²) in [6.07, 6.45) is 1.01. The fraction of sp³-hybridized carbons (Fsp3) is 0.286. The van der Waals surface area contributed by atoms with Gasteiger partial charge in [-0.05, 0) is 68.4 Å². The summed E-state index contributed by atoms with van der Waals surface area (Å²) in [6, 6.07) is 25.3. The molecule has 6 nitrogen and oxygen atoms in total. The molecule has 4 rings (SSSR count). The van der Waals surface area contributed by atoms with Gasteiger partial charge in [0.15, 0.2) is 5.75 Å². The van der Waals surface area contributed by atoms with Gasteiger partial charge in [-0.3, -0.25) is 14.6 Å². The van der Waals surface area contributed by atoms with Crippen LogP contribution in [-0.4, -0.2) is 48.4 Å². The van der Waals surface area contributed by atoms with E-state index in [1.165, 1.54) is 11.1 Å². The van der Waals surface area contributed by atoms with E-state index in [4.69, 9.17) is 10.00 Å². The topological polar surface area (TPSA) is 68.6 Å². The van der Waals surface area contributed by atoms with Gasteiger partial charge >= 0.3 is 0 Å². The lowest BCUT2D eigenvalue weighted by Gasteiger charge is -2.22. The lowest BCUT2D eigenvalue weighted by atomic mass is 10.1. The largest absolute Gasteiger partial charge is 0.455 e. The van der Waals surface area contributed by atoms with Gasteiger partial charge in [0.1, 0.15) is 5.75 Å². The Kier molecular flexibility index (Phi) is 7.92. The molecule has 1 aliphatic rings. The first kappa shape index (κ1) is 23.5. The number of hydrogen-bond acceptors (Lipinski definition) is 5. The highest BCUT2D eigenvalue weighted by atomic mass is 16.5. The molecule has 1 N–H and O–H groups in total. The summed E-state index contributed by atoms with van der Waals surface area (Å²) < 4.78 is 6.01. The van der Waals surface area contributed by atoms with Crippen LogP contribution in [0.15, 0.2) is 72.8 Å². The Bertz CT molecular complexity index is 1140. The van der Waals surface area contributed by atoms with Gasteiger partial charge in [-0.1, -0.05) is 42.0 Å². The summed E-state index contributed by atoms with van der Waals surface area (Å²) in [5.41, 5.74) is 3.73. The normalized spacial score (nSPS) is 14.7. The Labute approximate surface area is 201 Å². The van der Waals surface area contributed by atoms with Gasteiger partial charge in [0.2, 0.25) is 5.91 Å². The van der Waals surface area contributed by atoms with Crippen LogP contribution in [0.3, 0.4) is 0 Å². The second-order valence-electron chi connectivity index (χ2n) is 8.67. The van der Waals surface area contributed by atoms with E-state index in [1.54, 1.807) is 0 Å². The van der Waals surface area contributed by atoms with Crippen LogP contribution in [-0.2, 0) is 11.3 Å². The van der Waals surface area contributed by atoms with Gasteiger partial charge in [0.05, 0.1) is 23.9 Å². The first-order chi connectivity index (χ1) is 16.6. The highest BCUT2D eigenvalue weighted by Crippen LogP contribution is 2.29. The zero-order valence-corrected chi connectivity index (χ0v) is 19.5. The number of nitrogens with zero attached hydrogens (tertiary/aromatic N) is 3. The highest BCUT2D eigenvalue weighted by Gasteiger charge is 2.18. The average molecular weight is 455 g/mol. The van der Waals surface area contributed by atoms with Crippen molar-refractivity contribution in [1.82, 2.24) is 9.80 Å². The molecule has 6 heteroatoms. The van der Waals surface area contributed by atoms with E-state index in [2.05, 4.69) is 21.2 Å². The fourth-order valence-electron chi connectivity index (χ4n) is 4.07. The smallest absolute Gasteiger partial charge is 0.238 e. The predicted molar refractivity (Wildman–Crippen MR) is 134 cm³/mol. The minimum absolute atomic E-state index is 0.0412. The Hall–Kier alpha value is -3.66. The van der Waals surface area contributed by atoms with Crippen molar-refractivity contribution >= 4 is 11.6 Å². The maximum Gasteiger partial charge on any atom is 0.238 e. The molecule has 1 aliphatic heterocycles. The van der Waals surface area contributed by atoms with Crippen molar-refractivity contribution in [3.8, 4) is 17.6 Å². The summed E-state index contributed by atoms with van der Waals surface area (Å²) >= 11 is 0. The number of para-hydroxylation sites is 2. The molecule has 1 fully saturated rings. The average Bonchev–Trinajstić information content (AvgIpc) is 3.07. The van der Waals surface area contributed by atoms with Crippen LogP contribution in [0.5, 0.6) is 11.5 Å². The van der Waals surface area contributed by atoms with Crippen LogP contribution in [0, 0.1) is 18.3 Å². The number of anilines is 1. The number of aryl methyl sites for hydroxylation is 1. The van der Waals surface area contributed by atoms with Gasteiger partial charge in [0, 0.05) is 19.6 Å². The number of carbonyl (C=O) groups is 1. The standard InChI is InChI=1S/C28H30N4O2/c1-22-7-13-25(14-8-22)34-27-6-3-2-5-26(27)30-28(33)21-32-16-4-15-31(17-18-32)20-24-11-9-23(19-29)10-12-24/h2-3,5-14H,4,15-18,20-21H2,1H3,(H,30,33). The third-order valence-electron chi connectivity index (χ3n) is 5.95. The van der Waals surface area contributed by atoms with Gasteiger partial charge in [-0.15, -0.1) is 0 Å². The molecule has 0 bridgehead atoms. The molecular formula is C28H30N4O2. The molecule has 3 aromatic carbocycles. The van der Waals surface area contributed by atoms with Crippen LogP contribution < -0.4 is 10.1 Å². The molecule has 0 unspecified atom stereocenters. The zero-order valence-electron chi connectivity index (χ0n) is 19.5. The SMILES string of the molecule is Cc1ccc(Oc2ccccc2NC(=O)CN2CCCN(Cc3ccc(C#N)cc3)CC2)cc1. The van der Waals surface area contributed by atoms with E-state index in [1.807, 2.05) is 79.7 Å². The third kappa shape index (κ3) is 6.67. The second kappa shape index (κ2) is 11.5. The molecule has 0 atom stereocenters. The number of benzene rings is 3. The van der Waals surface area contributed by atoms with E-state index in [0.717, 1.165) is 44.9 Å². The number of nitrogens with one attached hydrogen (secondary N) is 1. The van der Waals surface area contributed by atoms with E-state index in [-0.39, 0.29) is 5.91 Å². The summed E-state index contributed by atoms with van der Waals surface area (Å²) in [7, 11) is 0. The van der Waals surface area contributed by atoms with Crippen molar-refractivity contribution in [3.05, 3.63) is 89.5 Å². The quantitative estimate of drug-likeness (QED) is 0.555. The van der Waals surface area contributed by atoms with Crippen LogP contribution in [0.4, 0.5) is 5.69 Å². The lowest BCUT2D eigenvalue weighted by molar-refractivity contribution is -0.117. The van der Waals surface area contributed by atoms with Crippen LogP contribution in [0.25, 0.3) is 0 Å². The number of ether oxygens (including phenoxy) is 1. The van der Waals surface area contributed by atoms with Gasteiger partial charge in [-0.2, -0.15) is 5.26 Å². The monoisotopic (exact) mass is 454 g/mol. The summed E-state index contributed by atoms with van der Waals surface area (Å²) in [5.74, 6) is 1.33. The van der Waals surface area contributed by atoms with Gasteiger partial charge in [-0.25, -0.2) is 0 Å². The first-order valence-corrected chi connectivity index (χ1v) is 11.7. The molecule has 174 valence electrons. The Morgan fingerprint density at radius 2 is 1.65 bits per heavy atom. The number of nitriles is 1. The molecule has 1 saturated heterocycles. The van der Waals surface area contributed by atoms with Crippen molar-refractivity contribution in [3.63, 3.8) is 0 Å². The maximum atomic E-state index is 12.8. The van der Waals surface area contributed by atoms with Crippen molar-refractivity contribution in [2.45, 2.75) is 19.9 Å². The summed E-state index contributed by atoms with van der Waals surface area (Å²) in [5, 5.41) is 12.0. The summed E-state index contributed by atoms with van der Waals surface area (Å²) in [6.45, 7) is 6.86. The summed E-state index contributed by atoms with van der Waals surface area (Å²) in [4.78, 5) is 17.4. The van der Waals surface area contributed by atoms with Crippen LogP contribution in [0.2, 0.25) is 0 Å². The van der Waals surface area contributed by atoms with Crippen molar-refractivity contribution in [2.24, 2.45) is 0 Å². The Balaban J connectivity index is 1.29. The third-order valence-corrected chi connectivity index (χ3v) is 5.95. The number of amides is 1. The Morgan fingerprint density at radius 3 is 2.41 bits per heavy atom. The van der Waals surface area contributed by atoms with Crippen molar-refractivity contribution < 1.29 is 9.53 Å². The molecule has 0 aliphatic carbocycles. The minimum atomic E-state index is -0.0412. The molecule has 0 spiro atoms. The molecule has 1 amide bonds. The first-order valence-electron chi connectivity index (χ1n) is 11.7. The molecular weight excluding hydrogens is 424 g/mol. The van der Waals surface area contributed by atoms with Crippen molar-refractivity contribution in [2.75, 3.05) is 38.0 Å². The Morgan fingerprint density at radius 1 is 0.941 bits per heavy atom. The molecule has 34 heavy (non-hydrogen) atoms. The molecule has 0 saturated carbocycles. The van der Waals surface area contributed by atoms with Crippen LogP contribution in [0.1, 0.15) is 23.1 Å². The fourth-order valence-corrected chi connectivity index (χ4v) is 4.07. The minimum Gasteiger partial charge on any atom is -0.455 e. The molecule has 1 heterocycles. The second-order valence-corrected chi connectivity index (χ2v) is 8.67. The molecule has 3 aromatic rings. The van der Waals surface area contributed by atoms with E-state index >= 15 is 0 Å². The molecule has 0 aromatic heterocycles. The van der Waals surface area contributed by atoms with E-state index < -0.39 is 0 Å². The van der Waals surface area contributed by atoms with Gasteiger partial charge in [0.25, 0.3) is 0 Å². The lowest BCUT2D eigenvalue weighted by Crippen LogP contribution is -2.36. The van der Waals surface area contributed by atoms with E-state index in [0.29, 0.717) is 23.5 Å². The van der Waals surface area contributed by atoms with Crippen LogP contribution >= 0.6 is 0 Å². The van der Waals surface area contributed by atoms with Crippen molar-refractivity contribution in [1.29, 1.82) is 5.26 Å².